The van der Waals surface area contributed by atoms with Crippen molar-refractivity contribution < 1.29 is 9.72 Å². The highest BCUT2D eigenvalue weighted by molar-refractivity contribution is 7.19. The Morgan fingerprint density at radius 2 is 1.93 bits per heavy atom. The Bertz CT molecular complexity index is 1020. The van der Waals surface area contributed by atoms with E-state index >= 15 is 0 Å². The number of carbonyl (C=O) groups is 1. The number of fused-ring (bicyclic) bond motifs is 1. The van der Waals surface area contributed by atoms with E-state index in [0.29, 0.717) is 36.9 Å². The van der Waals surface area contributed by atoms with Gasteiger partial charge < -0.3 is 9.80 Å². The minimum absolute atomic E-state index is 0.00120. The van der Waals surface area contributed by atoms with Gasteiger partial charge in [0.15, 0.2) is 0 Å². The zero-order valence-electron chi connectivity index (χ0n) is 14.8. The number of amides is 1. The molecule has 0 aromatic carbocycles. The molecule has 4 heterocycles. The van der Waals surface area contributed by atoms with Crippen molar-refractivity contribution in [1.29, 1.82) is 0 Å². The number of rotatable bonds is 3. The number of piperazine rings is 1. The van der Waals surface area contributed by atoms with Crippen LogP contribution in [0.1, 0.15) is 21.2 Å². The van der Waals surface area contributed by atoms with Gasteiger partial charge in [0.1, 0.15) is 22.7 Å². The van der Waals surface area contributed by atoms with Gasteiger partial charge in [-0.2, -0.15) is 0 Å². The Hall–Kier alpha value is -3.08. The molecule has 10 nitrogen and oxygen atoms in total. The number of hydrogen-bond acceptors (Lipinski definition) is 8. The number of anilines is 1. The smallest absolute Gasteiger partial charge is 0.287 e. The normalized spacial score (nSPS) is 14.7. The summed E-state index contributed by atoms with van der Waals surface area (Å²) in [5.41, 5.74) is 0.831. The van der Waals surface area contributed by atoms with Gasteiger partial charge in [-0.05, 0) is 19.9 Å². The van der Waals surface area contributed by atoms with Crippen molar-refractivity contribution in [3.05, 3.63) is 44.8 Å². The molecule has 1 aliphatic heterocycles. The quantitative estimate of drug-likeness (QED) is 0.497. The van der Waals surface area contributed by atoms with Gasteiger partial charge in [0.25, 0.3) is 11.6 Å². The molecule has 0 atom stereocenters. The van der Waals surface area contributed by atoms with Crippen LogP contribution in [0, 0.1) is 24.0 Å². The van der Waals surface area contributed by atoms with E-state index in [1.54, 1.807) is 6.07 Å². The second kappa shape index (κ2) is 6.58. The fraction of sp³-hybridized carbons (Fsp3) is 0.375. The van der Waals surface area contributed by atoms with Gasteiger partial charge in [-0.25, -0.2) is 4.98 Å². The molecule has 0 saturated carbocycles. The van der Waals surface area contributed by atoms with Gasteiger partial charge in [0.05, 0.1) is 4.92 Å². The Labute approximate surface area is 158 Å². The molecule has 1 aliphatic rings. The predicted molar refractivity (Wildman–Crippen MR) is 99.3 cm³/mol. The first-order valence-corrected chi connectivity index (χ1v) is 9.23. The molecule has 0 N–H and O–H groups in total. The molecule has 0 aliphatic carbocycles. The maximum atomic E-state index is 12.9. The van der Waals surface area contributed by atoms with Crippen LogP contribution in [0.4, 0.5) is 11.5 Å². The molecule has 0 bridgehead atoms. The summed E-state index contributed by atoms with van der Waals surface area (Å²) in [6, 6.07) is 3.09. The van der Waals surface area contributed by atoms with E-state index in [2.05, 4.69) is 15.2 Å². The van der Waals surface area contributed by atoms with E-state index in [-0.39, 0.29) is 11.6 Å². The summed E-state index contributed by atoms with van der Waals surface area (Å²) in [6.45, 7) is 6.15. The van der Waals surface area contributed by atoms with E-state index in [9.17, 15) is 14.9 Å². The maximum absolute atomic E-state index is 12.9. The third kappa shape index (κ3) is 2.99. The summed E-state index contributed by atoms with van der Waals surface area (Å²) in [5.74, 6) is 1.45. The SMILES string of the molecule is Cc1nnc2sc(C(=O)N3CCN(c4ccc([N+](=O)[O-])cn4)CC3)c(C)n12. The van der Waals surface area contributed by atoms with Crippen LogP contribution in [0.15, 0.2) is 18.3 Å². The molecular formula is C16H17N7O3S. The first kappa shape index (κ1) is 17.3. The standard InChI is InChI=1S/C16H17N7O3S/c1-10-14(27-16-19-18-11(2)22(10)16)15(24)21-7-5-20(6-8-21)13-4-3-12(9-17-13)23(25)26/h3-4,9H,5-8H2,1-2H3. The number of nitrogens with zero attached hydrogens (tertiary/aromatic N) is 7. The highest BCUT2D eigenvalue weighted by Crippen LogP contribution is 2.25. The monoisotopic (exact) mass is 387 g/mol. The van der Waals surface area contributed by atoms with Gasteiger partial charge in [-0.1, -0.05) is 11.3 Å². The number of aromatic nitrogens is 4. The van der Waals surface area contributed by atoms with Crippen LogP contribution in [0.2, 0.25) is 0 Å². The zero-order valence-corrected chi connectivity index (χ0v) is 15.6. The van der Waals surface area contributed by atoms with Crippen LogP contribution in [0.3, 0.4) is 0 Å². The van der Waals surface area contributed by atoms with Crippen LogP contribution in [-0.2, 0) is 0 Å². The molecule has 140 valence electrons. The van der Waals surface area contributed by atoms with Crippen molar-refractivity contribution in [2.45, 2.75) is 13.8 Å². The largest absolute Gasteiger partial charge is 0.353 e. The van der Waals surface area contributed by atoms with Crippen LogP contribution in [0.5, 0.6) is 0 Å². The van der Waals surface area contributed by atoms with Crippen LogP contribution in [-0.4, -0.2) is 61.5 Å². The van der Waals surface area contributed by atoms with Crippen molar-refractivity contribution >= 4 is 33.7 Å². The average molecular weight is 387 g/mol. The highest BCUT2D eigenvalue weighted by Gasteiger charge is 2.27. The number of aryl methyl sites for hydroxylation is 2. The second-order valence-electron chi connectivity index (χ2n) is 6.29. The first-order chi connectivity index (χ1) is 13.0. The summed E-state index contributed by atoms with van der Waals surface area (Å²) < 4.78 is 1.90. The van der Waals surface area contributed by atoms with Crippen molar-refractivity contribution in [2.75, 3.05) is 31.1 Å². The third-order valence-electron chi connectivity index (χ3n) is 4.68. The number of hydrogen-bond donors (Lipinski definition) is 0. The summed E-state index contributed by atoms with van der Waals surface area (Å²) in [4.78, 5) is 32.6. The van der Waals surface area contributed by atoms with Crippen LogP contribution >= 0.6 is 11.3 Å². The maximum Gasteiger partial charge on any atom is 0.287 e. The minimum atomic E-state index is -0.467. The molecule has 1 saturated heterocycles. The number of nitro groups is 1. The van der Waals surface area contributed by atoms with Crippen molar-refractivity contribution in [2.24, 2.45) is 0 Å². The fourth-order valence-electron chi connectivity index (χ4n) is 3.22. The minimum Gasteiger partial charge on any atom is -0.353 e. The summed E-state index contributed by atoms with van der Waals surface area (Å²) in [7, 11) is 0. The third-order valence-corrected chi connectivity index (χ3v) is 5.80. The molecule has 3 aromatic rings. The molecule has 11 heteroatoms. The Morgan fingerprint density at radius 1 is 1.19 bits per heavy atom. The first-order valence-electron chi connectivity index (χ1n) is 8.41. The lowest BCUT2D eigenvalue weighted by molar-refractivity contribution is -0.385. The second-order valence-corrected chi connectivity index (χ2v) is 7.27. The highest BCUT2D eigenvalue weighted by atomic mass is 32.1. The summed E-state index contributed by atoms with van der Waals surface area (Å²) >= 11 is 1.36. The van der Waals surface area contributed by atoms with Crippen molar-refractivity contribution in [1.82, 2.24) is 24.5 Å². The van der Waals surface area contributed by atoms with Crippen molar-refractivity contribution in [3.63, 3.8) is 0 Å². The van der Waals surface area contributed by atoms with Gasteiger partial charge in [0.2, 0.25) is 4.96 Å². The molecule has 1 fully saturated rings. The molecule has 1 amide bonds. The molecule has 27 heavy (non-hydrogen) atoms. The van der Waals surface area contributed by atoms with Gasteiger partial charge in [0, 0.05) is 37.9 Å². The van der Waals surface area contributed by atoms with E-state index in [1.165, 1.54) is 23.6 Å². The van der Waals surface area contributed by atoms with Gasteiger partial charge >= 0.3 is 0 Å². The molecule has 0 spiro atoms. The Kier molecular flexibility index (Phi) is 4.22. The lowest BCUT2D eigenvalue weighted by Gasteiger charge is -2.35. The molecule has 4 rings (SSSR count). The van der Waals surface area contributed by atoms with E-state index in [4.69, 9.17) is 0 Å². The fourth-order valence-corrected chi connectivity index (χ4v) is 4.30. The number of thiazole rings is 1. The van der Waals surface area contributed by atoms with Gasteiger partial charge in [-0.3, -0.25) is 19.3 Å². The van der Waals surface area contributed by atoms with Crippen molar-refractivity contribution in [3.8, 4) is 0 Å². The van der Waals surface area contributed by atoms with E-state index in [1.807, 2.05) is 28.0 Å². The average Bonchev–Trinajstić information content (AvgIpc) is 3.21. The lowest BCUT2D eigenvalue weighted by atomic mass is 10.2. The molecule has 0 unspecified atom stereocenters. The van der Waals surface area contributed by atoms with Gasteiger partial charge in [-0.15, -0.1) is 10.2 Å². The Balaban J connectivity index is 1.46. The molecule has 0 radical (unpaired) electrons. The topological polar surface area (TPSA) is 110 Å². The predicted octanol–water partition coefficient (Wildman–Crippen LogP) is 1.67. The summed E-state index contributed by atoms with van der Waals surface area (Å²) in [6.07, 6.45) is 1.26. The number of carbonyl (C=O) groups excluding carboxylic acids is 1. The number of pyridine rings is 1. The molecular weight excluding hydrogens is 370 g/mol. The Morgan fingerprint density at radius 3 is 2.52 bits per heavy atom. The molecule has 3 aromatic heterocycles. The summed E-state index contributed by atoms with van der Waals surface area (Å²) in [5, 5.41) is 18.9. The lowest BCUT2D eigenvalue weighted by Crippen LogP contribution is -2.49. The van der Waals surface area contributed by atoms with E-state index in [0.717, 1.165) is 16.5 Å². The van der Waals surface area contributed by atoms with Crippen LogP contribution in [0.25, 0.3) is 4.96 Å². The zero-order chi connectivity index (χ0) is 19.1. The van der Waals surface area contributed by atoms with E-state index < -0.39 is 4.92 Å². The van der Waals surface area contributed by atoms with Crippen LogP contribution < -0.4 is 4.90 Å².